The molecular weight excluding hydrogens is 1570 g/mol. The van der Waals surface area contributed by atoms with E-state index in [1.165, 1.54) is 33.3 Å². The van der Waals surface area contributed by atoms with Gasteiger partial charge in [0, 0.05) is 90.6 Å². The van der Waals surface area contributed by atoms with Gasteiger partial charge in [-0.15, -0.1) is 32.9 Å². The Morgan fingerprint density at radius 1 is 0.795 bits per heavy atom. The lowest BCUT2D eigenvalue weighted by molar-refractivity contribution is -0.151. The summed E-state index contributed by atoms with van der Waals surface area (Å²) in [5.74, 6) is -2.57. The van der Waals surface area contributed by atoms with Gasteiger partial charge in [0.2, 0.25) is 41.4 Å². The number of nitrogens with one attached hydrogen (secondary N) is 7. The van der Waals surface area contributed by atoms with Crippen molar-refractivity contribution >= 4 is 105 Å². The van der Waals surface area contributed by atoms with Crippen LogP contribution < -0.4 is 47.7 Å². The minimum absolute atomic E-state index is 0.00264. The molecule has 33 nitrogen and oxygen atoms in total. The zero-order chi connectivity index (χ0) is 84.1. The number of likely N-dealkylation sites (N-methyl/N-ethyl adjacent to an activating group) is 1. The van der Waals surface area contributed by atoms with E-state index >= 15 is 0 Å². The molecule has 0 spiro atoms. The molecule has 4 aliphatic rings. The van der Waals surface area contributed by atoms with Crippen LogP contribution >= 0.6 is 34.3 Å². The third kappa shape index (κ3) is 23.9. The first-order valence-corrected chi connectivity index (χ1v) is 41.2. The topological polar surface area (TPSA) is 433 Å². The molecule has 11 N–H and O–H groups in total. The average molecular weight is 1670 g/mol. The Balaban J connectivity index is 0.637. The van der Waals surface area contributed by atoms with Gasteiger partial charge < -0.3 is 75.6 Å². The van der Waals surface area contributed by atoms with Crippen LogP contribution in [0.5, 0.6) is 5.75 Å². The van der Waals surface area contributed by atoms with E-state index in [0.29, 0.717) is 71.3 Å². The van der Waals surface area contributed by atoms with Gasteiger partial charge in [0.05, 0.1) is 73.9 Å². The summed E-state index contributed by atoms with van der Waals surface area (Å²) in [4.78, 5) is 149. The minimum atomic E-state index is -1.37. The molecule has 1 aliphatic carbocycles. The van der Waals surface area contributed by atoms with Crippen molar-refractivity contribution in [3.63, 3.8) is 0 Å². The number of aliphatic hydroxyl groups excluding tert-OH is 2. The van der Waals surface area contributed by atoms with E-state index in [2.05, 4.69) is 66.2 Å². The van der Waals surface area contributed by atoms with Crippen LogP contribution in [0.25, 0.3) is 15.4 Å². The number of amides is 10. The van der Waals surface area contributed by atoms with E-state index in [4.69, 9.17) is 46.0 Å². The van der Waals surface area contributed by atoms with Gasteiger partial charge >= 0.3 is 6.09 Å². The Morgan fingerprint density at radius 2 is 1.50 bits per heavy atom. The Morgan fingerprint density at radius 3 is 2.19 bits per heavy atom. The highest BCUT2D eigenvalue weighted by atomic mass is 35.5. The molecule has 6 atom stereocenters. The van der Waals surface area contributed by atoms with Crippen LogP contribution in [0.2, 0.25) is 5.02 Å². The number of benzene rings is 3. The number of fused-ring (bicyclic) bond motifs is 3. The van der Waals surface area contributed by atoms with Gasteiger partial charge in [-0.1, -0.05) is 75.2 Å². The number of aryl methyl sites for hydroxylation is 3. The SMILES string of the molecule is Cc1ncsc1-c1ccc(CNC(=O)[C@@H]2C[C@@H](O)CN2C(=O)[C@@H](NC(=O)COCCOCCOCCNC(=O)C[C@@H]2N=C(c3ccc(Cl)cc3)c3c(sc(C)c3C)-n3c(C)nnc32)C(C)(C)C)c(OCCN(C)C(=O)OCc2ccc(NC(=O)[C@H](CCCNC(N)O)NC(=O)C3(C(=O)NCCCCCN4C(=O)C=CC4=O)CCC3)cc2)c1. The number of halogens is 1. The number of aromatic nitrogens is 4. The Kier molecular flexibility index (Phi) is 32.0. The monoisotopic (exact) mass is 1670 g/mol. The maximum atomic E-state index is 14.5. The summed E-state index contributed by atoms with van der Waals surface area (Å²) in [6.45, 7) is 14.4. The number of unbranched alkanes of at least 4 members (excludes halogenated alkanes) is 2. The van der Waals surface area contributed by atoms with Gasteiger partial charge in [-0.2, -0.15) is 0 Å². The molecular formula is C81H105ClN16O17S2. The number of hydrogen-bond acceptors (Lipinski definition) is 25. The molecule has 0 bridgehead atoms. The molecule has 3 aliphatic heterocycles. The number of carbonyl (C=O) groups is 10. The quantitative estimate of drug-likeness (QED) is 0.00957. The van der Waals surface area contributed by atoms with Gasteiger partial charge in [0.1, 0.15) is 66.0 Å². The molecule has 1 saturated heterocycles. The van der Waals surface area contributed by atoms with Crippen LogP contribution in [0.4, 0.5) is 10.5 Å². The van der Waals surface area contributed by atoms with E-state index in [1.807, 2.05) is 54.8 Å². The fraction of sp³-hybridized carbons (Fsp3) is 0.506. The molecule has 10 rings (SSSR count). The summed E-state index contributed by atoms with van der Waals surface area (Å²) >= 11 is 9.34. The third-order valence-electron chi connectivity index (χ3n) is 20.6. The van der Waals surface area contributed by atoms with Crippen molar-refractivity contribution in [1.29, 1.82) is 0 Å². The summed E-state index contributed by atoms with van der Waals surface area (Å²) in [5.41, 5.74) is 11.8. The molecule has 6 aromatic rings. The lowest BCUT2D eigenvalue weighted by atomic mass is 9.67. The molecule has 117 heavy (non-hydrogen) atoms. The van der Waals surface area contributed by atoms with Crippen LogP contribution in [0.3, 0.4) is 0 Å². The second-order valence-corrected chi connectivity index (χ2v) is 32.8. The molecule has 2 fully saturated rings. The highest BCUT2D eigenvalue weighted by Gasteiger charge is 2.52. The summed E-state index contributed by atoms with van der Waals surface area (Å²) in [5, 5.41) is 50.8. The number of anilines is 1. The lowest BCUT2D eigenvalue weighted by Gasteiger charge is -2.39. The van der Waals surface area contributed by atoms with E-state index in [-0.39, 0.29) is 142 Å². The van der Waals surface area contributed by atoms with Crippen molar-refractivity contribution < 1.29 is 81.8 Å². The molecule has 10 amide bonds. The second kappa shape index (κ2) is 41.9. The number of aliphatic hydroxyl groups is 2. The van der Waals surface area contributed by atoms with Crippen molar-refractivity contribution in [3.05, 3.63) is 139 Å². The van der Waals surface area contributed by atoms with E-state index in [0.717, 1.165) is 53.3 Å². The molecule has 1 unspecified atom stereocenters. The van der Waals surface area contributed by atoms with Crippen molar-refractivity contribution in [2.45, 2.75) is 162 Å². The molecule has 630 valence electrons. The molecule has 3 aromatic carbocycles. The third-order valence-corrected chi connectivity index (χ3v) is 23.1. The molecule has 3 aromatic heterocycles. The van der Waals surface area contributed by atoms with Crippen LogP contribution in [0, 0.1) is 38.5 Å². The van der Waals surface area contributed by atoms with Crippen LogP contribution in [0.15, 0.2) is 89.4 Å². The standard InChI is InChI=1S/C81H105ClN16O17S2/c1-48-50(3)117-75-67(48)68(53-19-21-56(82)22-20-53)90-60(71-94-93-51(4)98(71)75)42-63(100)84-31-34-111-36-37-112-38-39-113-46-64(101)92-70(80(5,6)7)74(106)97-44-58(99)41-61(97)73(105)87-43-55-18-17-54(69-49(2)88-47-116-69)40-62(55)114-35-33-95(8)79(110)115-45-52-15-23-57(24-16-52)89-72(104)59(14-12-30-86-78(83)109)91-77(108)81(27-13-28-81)76(107)85-29-10-9-11-32-96-65(102)25-26-66(96)103/h15-26,40,47,58-61,70,78,86,99,109H,9-14,27-39,41-46,83H2,1-8H3,(H,84,100)(H,85,107)(H,87,105)(H,89,104)(H,91,108)(H,92,101)/t58-,59+,60+,61+,70-,78?/m1/s1. The molecule has 0 radical (unpaired) electrons. The van der Waals surface area contributed by atoms with E-state index in [9.17, 15) is 58.2 Å². The Labute approximate surface area is 691 Å². The lowest BCUT2D eigenvalue weighted by Crippen LogP contribution is -2.58. The first-order chi connectivity index (χ1) is 56.0. The smallest absolute Gasteiger partial charge is 0.409 e. The number of nitrogens with zero attached hydrogens (tertiary/aromatic N) is 8. The van der Waals surface area contributed by atoms with E-state index < -0.39 is 95.6 Å². The maximum absolute atomic E-state index is 14.5. The molecule has 36 heteroatoms. The number of rotatable bonds is 42. The van der Waals surface area contributed by atoms with Gasteiger partial charge in [-0.3, -0.25) is 68.7 Å². The first kappa shape index (κ1) is 89.4. The largest absolute Gasteiger partial charge is 0.491 e. The van der Waals surface area contributed by atoms with Crippen molar-refractivity contribution in [1.82, 2.24) is 66.3 Å². The summed E-state index contributed by atoms with van der Waals surface area (Å²) in [7, 11) is 1.54. The number of ether oxygens (including phenoxy) is 5. The van der Waals surface area contributed by atoms with Crippen molar-refractivity contribution in [2.75, 3.05) is 97.9 Å². The maximum Gasteiger partial charge on any atom is 0.409 e. The second-order valence-electron chi connectivity index (χ2n) is 30.3. The molecule has 6 heterocycles. The normalized spacial score (nSPS) is 16.9. The number of hydrogen-bond donors (Lipinski definition) is 10. The van der Waals surface area contributed by atoms with Gasteiger partial charge in [0.15, 0.2) is 12.2 Å². The van der Waals surface area contributed by atoms with E-state index in [1.54, 1.807) is 75.0 Å². The van der Waals surface area contributed by atoms with Crippen molar-refractivity contribution in [3.8, 4) is 21.2 Å². The zero-order valence-electron chi connectivity index (χ0n) is 67.1. The number of carbonyl (C=O) groups excluding carboxylic acids is 10. The molecule has 1 saturated carbocycles. The van der Waals surface area contributed by atoms with Gasteiger partial charge in [-0.05, 0) is 132 Å². The number of thiazole rings is 1. The number of β-amino-alcohol motifs (C(OH)–C–C–N with tert-alkyl or cyclic N) is 1. The zero-order valence-corrected chi connectivity index (χ0v) is 69.5. The Hall–Kier alpha value is -9.95. The Bertz CT molecular complexity index is 4560. The summed E-state index contributed by atoms with van der Waals surface area (Å²) in [6, 6.07) is 15.6. The van der Waals surface area contributed by atoms with Crippen molar-refractivity contribution in [2.24, 2.45) is 21.6 Å². The fourth-order valence-electron chi connectivity index (χ4n) is 13.8. The average Bonchev–Trinajstić information content (AvgIpc) is 1.42. The summed E-state index contributed by atoms with van der Waals surface area (Å²) in [6.07, 6.45) is 2.83. The number of thiophene rings is 1. The van der Waals surface area contributed by atoms with Gasteiger partial charge in [-0.25, -0.2) is 9.78 Å². The number of nitrogens with two attached hydrogens (primary N) is 1. The summed E-state index contributed by atoms with van der Waals surface area (Å²) < 4.78 is 31.0. The van der Waals surface area contributed by atoms with Crippen LogP contribution in [-0.4, -0.2) is 233 Å². The van der Waals surface area contributed by atoms with Gasteiger partial charge in [0.25, 0.3) is 11.8 Å². The fourth-order valence-corrected chi connectivity index (χ4v) is 15.9. The number of aliphatic imine (C=N–C) groups is 1. The van der Waals surface area contributed by atoms with Crippen LogP contribution in [-0.2, 0) is 75.2 Å². The first-order valence-electron chi connectivity index (χ1n) is 39.2. The van der Waals surface area contributed by atoms with Crippen LogP contribution in [0.1, 0.15) is 141 Å². The predicted octanol–water partition coefficient (Wildman–Crippen LogP) is 5.65. The number of imide groups is 1. The number of likely N-dealkylation sites (tertiary alicyclic amines) is 1. The highest BCUT2D eigenvalue weighted by Crippen LogP contribution is 2.43. The predicted molar refractivity (Wildman–Crippen MR) is 437 cm³/mol. The minimum Gasteiger partial charge on any atom is -0.491 e. The highest BCUT2D eigenvalue weighted by molar-refractivity contribution is 7.15.